The Balaban J connectivity index is 1.75. The van der Waals surface area contributed by atoms with E-state index in [0.717, 1.165) is 17.7 Å². The highest BCUT2D eigenvalue weighted by Crippen LogP contribution is 2.24. The minimum atomic E-state index is -4.91. The van der Waals surface area contributed by atoms with Gasteiger partial charge in [-0.3, -0.25) is 4.79 Å². The number of benzene rings is 2. The lowest BCUT2D eigenvalue weighted by Crippen LogP contribution is -2.26. The SMILES string of the molecule is O=C(NCc1cc(-c2ccc(Cl)cc2)on1)c1ccccc1S(=O)(=O)C(F)F. The topological polar surface area (TPSA) is 89.3 Å². The van der Waals surface area contributed by atoms with Gasteiger partial charge in [-0.15, -0.1) is 0 Å². The number of amides is 1. The summed E-state index contributed by atoms with van der Waals surface area (Å²) in [5, 5.41) is 6.83. The van der Waals surface area contributed by atoms with Crippen LogP contribution in [-0.4, -0.2) is 25.2 Å². The van der Waals surface area contributed by atoms with Crippen LogP contribution in [0.15, 0.2) is 64.0 Å². The lowest BCUT2D eigenvalue weighted by molar-refractivity contribution is 0.0946. The van der Waals surface area contributed by atoms with Crippen LogP contribution in [0.2, 0.25) is 5.02 Å². The minimum absolute atomic E-state index is 0.0843. The van der Waals surface area contributed by atoms with Gasteiger partial charge in [-0.1, -0.05) is 28.9 Å². The number of alkyl halides is 2. The third-order valence-corrected chi connectivity index (χ3v) is 5.48. The van der Waals surface area contributed by atoms with E-state index in [0.29, 0.717) is 16.5 Å². The second-order valence-corrected chi connectivity index (χ2v) is 8.00. The summed E-state index contributed by atoms with van der Waals surface area (Å²) in [5.74, 6) is -4.00. The Hall–Kier alpha value is -2.78. The van der Waals surface area contributed by atoms with Crippen molar-refractivity contribution in [2.75, 3.05) is 0 Å². The van der Waals surface area contributed by atoms with E-state index in [1.807, 2.05) is 0 Å². The van der Waals surface area contributed by atoms with Crippen LogP contribution in [0.25, 0.3) is 11.3 Å². The van der Waals surface area contributed by atoms with Crippen LogP contribution in [0.3, 0.4) is 0 Å². The van der Waals surface area contributed by atoms with E-state index >= 15 is 0 Å². The lowest BCUT2D eigenvalue weighted by Gasteiger charge is -2.09. The average Bonchev–Trinajstić information content (AvgIpc) is 3.15. The van der Waals surface area contributed by atoms with Crippen LogP contribution < -0.4 is 5.32 Å². The molecule has 1 aromatic heterocycles. The summed E-state index contributed by atoms with van der Waals surface area (Å²) in [4.78, 5) is 11.6. The second kappa shape index (κ2) is 8.07. The number of halogens is 3. The van der Waals surface area contributed by atoms with Crippen LogP contribution in [-0.2, 0) is 16.4 Å². The van der Waals surface area contributed by atoms with Gasteiger partial charge < -0.3 is 9.84 Å². The van der Waals surface area contributed by atoms with Crippen molar-refractivity contribution in [3.05, 3.63) is 70.9 Å². The molecule has 3 rings (SSSR count). The van der Waals surface area contributed by atoms with E-state index in [-0.39, 0.29) is 12.1 Å². The molecule has 1 N–H and O–H groups in total. The van der Waals surface area contributed by atoms with Crippen molar-refractivity contribution in [3.63, 3.8) is 0 Å². The fourth-order valence-corrected chi connectivity index (χ4v) is 3.46. The monoisotopic (exact) mass is 426 g/mol. The fourth-order valence-electron chi connectivity index (χ4n) is 2.41. The van der Waals surface area contributed by atoms with Gasteiger partial charge in [0.15, 0.2) is 5.76 Å². The molecule has 1 heterocycles. The molecular formula is C18H13ClF2N2O4S. The highest BCUT2D eigenvalue weighted by atomic mass is 35.5. The molecule has 28 heavy (non-hydrogen) atoms. The summed E-state index contributed by atoms with van der Waals surface area (Å²) >= 11 is 5.83. The van der Waals surface area contributed by atoms with Gasteiger partial charge in [0.2, 0.25) is 9.84 Å². The summed E-state index contributed by atoms with van der Waals surface area (Å²) in [7, 11) is -4.91. The van der Waals surface area contributed by atoms with Gasteiger partial charge in [0.25, 0.3) is 5.91 Å². The molecule has 0 atom stereocenters. The maximum atomic E-state index is 12.8. The Morgan fingerprint density at radius 1 is 1.14 bits per heavy atom. The highest BCUT2D eigenvalue weighted by Gasteiger charge is 2.30. The maximum absolute atomic E-state index is 12.8. The third kappa shape index (κ3) is 4.20. The van der Waals surface area contributed by atoms with Gasteiger partial charge in [0, 0.05) is 16.7 Å². The van der Waals surface area contributed by atoms with E-state index in [1.165, 1.54) is 12.1 Å². The van der Waals surface area contributed by atoms with E-state index in [1.54, 1.807) is 30.3 Å². The van der Waals surface area contributed by atoms with Crippen molar-refractivity contribution < 1.29 is 26.5 Å². The molecule has 0 radical (unpaired) electrons. The molecule has 0 aliphatic carbocycles. The lowest BCUT2D eigenvalue weighted by atomic mass is 10.1. The molecule has 0 spiro atoms. The number of nitrogens with one attached hydrogen (secondary N) is 1. The van der Waals surface area contributed by atoms with E-state index < -0.39 is 26.4 Å². The zero-order valence-electron chi connectivity index (χ0n) is 14.1. The zero-order chi connectivity index (χ0) is 20.3. The Morgan fingerprint density at radius 2 is 1.82 bits per heavy atom. The number of nitrogens with zero attached hydrogens (tertiary/aromatic N) is 1. The first-order chi connectivity index (χ1) is 13.3. The summed E-state index contributed by atoms with van der Waals surface area (Å²) < 4.78 is 54.4. The van der Waals surface area contributed by atoms with Crippen LogP contribution >= 0.6 is 11.6 Å². The Kier molecular flexibility index (Phi) is 5.76. The summed E-state index contributed by atoms with van der Waals surface area (Å²) in [6.07, 6.45) is 0. The number of aromatic nitrogens is 1. The molecule has 0 saturated carbocycles. The van der Waals surface area contributed by atoms with Crippen molar-refractivity contribution >= 4 is 27.3 Å². The normalized spacial score (nSPS) is 11.6. The van der Waals surface area contributed by atoms with E-state index in [4.69, 9.17) is 16.1 Å². The molecule has 0 unspecified atom stereocenters. The van der Waals surface area contributed by atoms with Gasteiger partial charge in [0.1, 0.15) is 5.69 Å². The van der Waals surface area contributed by atoms with Crippen molar-refractivity contribution in [1.82, 2.24) is 10.5 Å². The van der Waals surface area contributed by atoms with Crippen LogP contribution in [0.1, 0.15) is 16.1 Å². The van der Waals surface area contributed by atoms with Gasteiger partial charge in [-0.25, -0.2) is 8.42 Å². The molecule has 0 aliphatic rings. The molecule has 0 aliphatic heterocycles. The molecule has 146 valence electrons. The average molecular weight is 427 g/mol. The molecule has 0 fully saturated rings. The van der Waals surface area contributed by atoms with Crippen LogP contribution in [0, 0.1) is 0 Å². The molecule has 3 aromatic rings. The molecule has 2 aromatic carbocycles. The molecule has 0 bridgehead atoms. The standard InChI is InChI=1S/C18H13ClF2N2O4S/c19-12-7-5-11(6-8-12)15-9-13(23-27-15)10-22-17(24)14-3-1-2-4-16(14)28(25,26)18(20)21/h1-9,18H,10H2,(H,22,24). The number of carbonyl (C=O) groups is 1. The molecule has 1 amide bonds. The zero-order valence-corrected chi connectivity index (χ0v) is 15.7. The molecular weight excluding hydrogens is 414 g/mol. The first-order valence-electron chi connectivity index (χ1n) is 7.90. The predicted octanol–water partition coefficient (Wildman–Crippen LogP) is 3.92. The Bertz CT molecular complexity index is 1100. The first-order valence-corrected chi connectivity index (χ1v) is 9.82. The van der Waals surface area contributed by atoms with Crippen LogP contribution in [0.4, 0.5) is 8.78 Å². The number of carbonyl (C=O) groups excluding carboxylic acids is 1. The van der Waals surface area contributed by atoms with Crippen molar-refractivity contribution in [2.45, 2.75) is 17.2 Å². The smallest absolute Gasteiger partial charge is 0.341 e. The molecule has 6 nitrogen and oxygen atoms in total. The number of hydrogen-bond acceptors (Lipinski definition) is 5. The Labute approximate surface area is 164 Å². The van der Waals surface area contributed by atoms with Crippen molar-refractivity contribution in [1.29, 1.82) is 0 Å². The van der Waals surface area contributed by atoms with E-state index in [9.17, 15) is 22.0 Å². The van der Waals surface area contributed by atoms with Gasteiger partial charge in [-0.2, -0.15) is 8.78 Å². The van der Waals surface area contributed by atoms with Gasteiger partial charge in [0.05, 0.1) is 17.0 Å². The quantitative estimate of drug-likeness (QED) is 0.645. The minimum Gasteiger partial charge on any atom is -0.356 e. The van der Waals surface area contributed by atoms with Crippen molar-refractivity contribution in [2.24, 2.45) is 0 Å². The molecule has 0 saturated heterocycles. The predicted molar refractivity (Wildman–Crippen MR) is 97.8 cm³/mol. The van der Waals surface area contributed by atoms with Crippen molar-refractivity contribution in [3.8, 4) is 11.3 Å². The largest absolute Gasteiger partial charge is 0.356 e. The summed E-state index contributed by atoms with van der Waals surface area (Å²) in [6, 6.07) is 13.2. The van der Waals surface area contributed by atoms with Gasteiger partial charge in [-0.05, 0) is 36.4 Å². The maximum Gasteiger partial charge on any atom is 0.341 e. The van der Waals surface area contributed by atoms with Gasteiger partial charge >= 0.3 is 5.76 Å². The van der Waals surface area contributed by atoms with Crippen LogP contribution in [0.5, 0.6) is 0 Å². The summed E-state index contributed by atoms with van der Waals surface area (Å²) in [5.41, 5.74) is 0.722. The first kappa shape index (κ1) is 20.0. The van der Waals surface area contributed by atoms with E-state index in [2.05, 4.69) is 10.5 Å². The number of hydrogen-bond donors (Lipinski definition) is 1. The Morgan fingerprint density at radius 3 is 2.50 bits per heavy atom. The molecule has 10 heteroatoms. The number of rotatable bonds is 6. The fraction of sp³-hybridized carbons (Fsp3) is 0.111. The highest BCUT2D eigenvalue weighted by molar-refractivity contribution is 7.91. The second-order valence-electron chi connectivity index (χ2n) is 5.67. The number of sulfone groups is 1. The third-order valence-electron chi connectivity index (χ3n) is 3.79. The summed E-state index contributed by atoms with van der Waals surface area (Å²) in [6.45, 7) is -0.0843.